The first-order chi connectivity index (χ1) is 5.43. The Kier molecular flexibility index (Phi) is 3.72. The van der Waals surface area contributed by atoms with Gasteiger partial charge >= 0.3 is 0 Å². The molecule has 0 aliphatic heterocycles. The van der Waals surface area contributed by atoms with Gasteiger partial charge in [-0.25, -0.2) is 5.90 Å². The lowest BCUT2D eigenvalue weighted by molar-refractivity contribution is 0.134. The number of unbranched alkanes of at least 4 members (excludes halogenated alkanes) is 1. The molecule has 3 nitrogen and oxygen atoms in total. The van der Waals surface area contributed by atoms with Gasteiger partial charge < -0.3 is 9.82 Å². The molecular weight excluding hydrogens is 140 g/mol. The summed E-state index contributed by atoms with van der Waals surface area (Å²) in [5.74, 6) is 4.88. The Balaban J connectivity index is 2.04. The molecule has 3 N–H and O–H groups in total. The number of aromatic amines is 1. The van der Waals surface area contributed by atoms with Gasteiger partial charge in [-0.2, -0.15) is 0 Å². The summed E-state index contributed by atoms with van der Waals surface area (Å²) in [6.45, 7) is 0.657. The van der Waals surface area contributed by atoms with E-state index in [4.69, 9.17) is 5.90 Å². The molecule has 0 spiro atoms. The second kappa shape index (κ2) is 4.93. The molecule has 0 unspecified atom stereocenters. The third-order valence-electron chi connectivity index (χ3n) is 1.64. The molecule has 3 heteroatoms. The Hall–Kier alpha value is -0.800. The number of nitrogens with two attached hydrogens (primary N) is 1. The monoisotopic (exact) mass is 154 g/mol. The van der Waals surface area contributed by atoms with Crippen LogP contribution in [0.3, 0.4) is 0 Å². The molecule has 1 heterocycles. The van der Waals surface area contributed by atoms with Crippen molar-refractivity contribution in [2.45, 2.75) is 19.3 Å². The highest BCUT2D eigenvalue weighted by atomic mass is 16.6. The highest BCUT2D eigenvalue weighted by molar-refractivity contribution is 5.07. The minimum Gasteiger partial charge on any atom is -0.367 e. The molecule has 0 aliphatic rings. The fraction of sp³-hybridized carbons (Fsp3) is 0.500. The molecule has 0 aromatic carbocycles. The van der Waals surface area contributed by atoms with Crippen molar-refractivity contribution in [1.29, 1.82) is 0 Å². The normalized spacial score (nSPS) is 10.3. The number of nitrogens with one attached hydrogen (secondary N) is 1. The van der Waals surface area contributed by atoms with E-state index in [9.17, 15) is 0 Å². The van der Waals surface area contributed by atoms with Crippen molar-refractivity contribution in [3.63, 3.8) is 0 Å². The molecule has 0 atom stereocenters. The summed E-state index contributed by atoms with van der Waals surface area (Å²) < 4.78 is 0. The van der Waals surface area contributed by atoms with Gasteiger partial charge in [0.15, 0.2) is 0 Å². The number of hydrogen-bond acceptors (Lipinski definition) is 2. The van der Waals surface area contributed by atoms with Crippen LogP contribution >= 0.6 is 0 Å². The van der Waals surface area contributed by atoms with E-state index in [2.05, 4.69) is 15.9 Å². The molecule has 0 aliphatic carbocycles. The van der Waals surface area contributed by atoms with Crippen molar-refractivity contribution in [2.75, 3.05) is 6.61 Å². The number of H-pyrrole nitrogens is 1. The first kappa shape index (κ1) is 8.30. The molecule has 1 aromatic rings. The van der Waals surface area contributed by atoms with Crippen LogP contribution in [0.25, 0.3) is 0 Å². The van der Waals surface area contributed by atoms with Crippen molar-refractivity contribution >= 4 is 0 Å². The van der Waals surface area contributed by atoms with Crippen LogP contribution in [0.2, 0.25) is 0 Å². The van der Waals surface area contributed by atoms with Crippen LogP contribution < -0.4 is 5.90 Å². The Morgan fingerprint density at radius 3 is 3.00 bits per heavy atom. The largest absolute Gasteiger partial charge is 0.367 e. The van der Waals surface area contributed by atoms with Gasteiger partial charge in [0.2, 0.25) is 0 Å². The van der Waals surface area contributed by atoms with Crippen molar-refractivity contribution in [3.8, 4) is 0 Å². The van der Waals surface area contributed by atoms with Crippen molar-refractivity contribution in [2.24, 2.45) is 5.90 Å². The lowest BCUT2D eigenvalue weighted by atomic mass is 10.1. The molecule has 11 heavy (non-hydrogen) atoms. The van der Waals surface area contributed by atoms with Crippen LogP contribution in [-0.4, -0.2) is 11.6 Å². The first-order valence-corrected chi connectivity index (χ1v) is 3.87. The molecular formula is C8H14N2O. The van der Waals surface area contributed by atoms with E-state index in [1.165, 1.54) is 5.56 Å². The van der Waals surface area contributed by atoms with Gasteiger partial charge in [-0.15, -0.1) is 0 Å². The topological polar surface area (TPSA) is 51.0 Å². The Morgan fingerprint density at radius 2 is 2.36 bits per heavy atom. The molecule has 0 amide bonds. The minimum absolute atomic E-state index is 0.657. The quantitative estimate of drug-likeness (QED) is 0.495. The van der Waals surface area contributed by atoms with E-state index < -0.39 is 0 Å². The van der Waals surface area contributed by atoms with Crippen LogP contribution in [0.1, 0.15) is 18.4 Å². The molecule has 62 valence electrons. The smallest absolute Gasteiger partial charge is 0.0679 e. The molecule has 0 saturated heterocycles. The van der Waals surface area contributed by atoms with Gasteiger partial charge in [-0.3, -0.25) is 0 Å². The highest BCUT2D eigenvalue weighted by Gasteiger charge is 1.92. The fourth-order valence-corrected chi connectivity index (χ4v) is 1.03. The van der Waals surface area contributed by atoms with E-state index >= 15 is 0 Å². The average Bonchev–Trinajstić information content (AvgIpc) is 2.50. The number of aromatic nitrogens is 1. The summed E-state index contributed by atoms with van der Waals surface area (Å²) in [6.07, 6.45) is 7.22. The summed E-state index contributed by atoms with van der Waals surface area (Å²) in [4.78, 5) is 7.47. The Morgan fingerprint density at radius 1 is 1.45 bits per heavy atom. The van der Waals surface area contributed by atoms with Crippen LogP contribution in [0.15, 0.2) is 18.5 Å². The van der Waals surface area contributed by atoms with Gasteiger partial charge in [-0.1, -0.05) is 0 Å². The van der Waals surface area contributed by atoms with Gasteiger partial charge in [0.25, 0.3) is 0 Å². The zero-order valence-electron chi connectivity index (χ0n) is 6.55. The number of hydrogen-bond donors (Lipinski definition) is 2. The molecule has 0 radical (unpaired) electrons. The molecule has 0 bridgehead atoms. The van der Waals surface area contributed by atoms with Gasteiger partial charge in [0.1, 0.15) is 0 Å². The summed E-state index contributed by atoms with van der Waals surface area (Å²) in [5.41, 5.74) is 1.35. The summed E-state index contributed by atoms with van der Waals surface area (Å²) in [5, 5.41) is 0. The van der Waals surface area contributed by atoms with Gasteiger partial charge in [0.05, 0.1) is 6.61 Å². The summed E-state index contributed by atoms with van der Waals surface area (Å²) in [7, 11) is 0. The molecule has 0 fully saturated rings. The van der Waals surface area contributed by atoms with E-state index in [-0.39, 0.29) is 0 Å². The standard InChI is InChI=1S/C8H14N2O/c9-11-6-2-1-3-8-4-5-10-7-8/h4-5,7,10H,1-3,6,9H2. The maximum atomic E-state index is 4.88. The van der Waals surface area contributed by atoms with Crippen LogP contribution in [0.4, 0.5) is 0 Å². The number of rotatable bonds is 5. The molecule has 0 saturated carbocycles. The maximum Gasteiger partial charge on any atom is 0.0679 e. The summed E-state index contributed by atoms with van der Waals surface area (Å²) in [6, 6.07) is 2.09. The van der Waals surface area contributed by atoms with Crippen LogP contribution in [0, 0.1) is 0 Å². The third-order valence-corrected chi connectivity index (χ3v) is 1.64. The van der Waals surface area contributed by atoms with Gasteiger partial charge in [-0.05, 0) is 30.9 Å². The van der Waals surface area contributed by atoms with E-state index in [0.29, 0.717) is 6.61 Å². The molecule has 1 aromatic heterocycles. The van der Waals surface area contributed by atoms with Crippen molar-refractivity contribution in [1.82, 2.24) is 4.98 Å². The SMILES string of the molecule is NOCCCCc1cc[nH]c1. The second-order valence-electron chi connectivity index (χ2n) is 2.55. The van der Waals surface area contributed by atoms with Crippen molar-refractivity contribution in [3.05, 3.63) is 24.0 Å². The lowest BCUT2D eigenvalue weighted by Crippen LogP contribution is -2.00. The van der Waals surface area contributed by atoms with Crippen molar-refractivity contribution < 1.29 is 4.84 Å². The fourth-order valence-electron chi connectivity index (χ4n) is 1.03. The molecule has 1 rings (SSSR count). The maximum absolute atomic E-state index is 4.88. The first-order valence-electron chi connectivity index (χ1n) is 3.87. The Bertz CT molecular complexity index is 172. The lowest BCUT2D eigenvalue weighted by Gasteiger charge is -1.96. The summed E-state index contributed by atoms with van der Waals surface area (Å²) >= 11 is 0. The Labute approximate surface area is 66.5 Å². The predicted octanol–water partition coefficient (Wildman–Crippen LogP) is 1.23. The number of aryl methyl sites for hydroxylation is 1. The van der Waals surface area contributed by atoms with Crippen LogP contribution in [0.5, 0.6) is 0 Å². The van der Waals surface area contributed by atoms with Gasteiger partial charge in [0, 0.05) is 12.4 Å². The zero-order chi connectivity index (χ0) is 7.94. The van der Waals surface area contributed by atoms with E-state index in [1.807, 2.05) is 12.4 Å². The highest BCUT2D eigenvalue weighted by Crippen LogP contribution is 2.02. The van der Waals surface area contributed by atoms with E-state index in [1.54, 1.807) is 0 Å². The minimum atomic E-state index is 0.657. The van der Waals surface area contributed by atoms with Crippen LogP contribution in [-0.2, 0) is 11.3 Å². The third kappa shape index (κ3) is 3.20. The zero-order valence-corrected chi connectivity index (χ0v) is 6.55. The van der Waals surface area contributed by atoms with E-state index in [0.717, 1.165) is 19.3 Å². The second-order valence-corrected chi connectivity index (χ2v) is 2.55. The average molecular weight is 154 g/mol. The predicted molar refractivity (Wildman–Crippen MR) is 43.9 cm³/mol.